The van der Waals surface area contributed by atoms with E-state index in [0.29, 0.717) is 35.4 Å². The minimum absolute atomic E-state index is 0.0673. The predicted molar refractivity (Wildman–Crippen MR) is 88.7 cm³/mol. The number of benzene rings is 1. The molecule has 6 nitrogen and oxygen atoms in total. The highest BCUT2D eigenvalue weighted by Crippen LogP contribution is 2.29. The van der Waals surface area contributed by atoms with Gasteiger partial charge >= 0.3 is 0 Å². The van der Waals surface area contributed by atoms with E-state index in [1.807, 2.05) is 0 Å². The Morgan fingerprint density at radius 1 is 1.21 bits per heavy atom. The number of anilines is 1. The molecule has 1 amide bonds. The van der Waals surface area contributed by atoms with Gasteiger partial charge in [0.25, 0.3) is 11.5 Å². The first-order valence-corrected chi connectivity index (χ1v) is 7.90. The molecule has 0 radical (unpaired) electrons. The normalized spacial score (nSPS) is 13.2. The summed E-state index contributed by atoms with van der Waals surface area (Å²) in [7, 11) is 2.93. The van der Waals surface area contributed by atoms with Gasteiger partial charge < -0.3 is 19.7 Å². The number of nitrogens with zero attached hydrogens (tertiary/aromatic N) is 1. The standard InChI is InChI=1S/C18H20N2O4/c1-20-17(22)12-8-4-3-7-11(12)15(18(20)23)16(21)19-13-9-5-6-10-14(13)24-2/h5-6,9-10,23H,3-4,7-8H2,1-2H3,(H,19,21)/p-1. The van der Waals surface area contributed by atoms with E-state index in [1.54, 1.807) is 24.3 Å². The van der Waals surface area contributed by atoms with Gasteiger partial charge in [-0.05, 0) is 49.3 Å². The Morgan fingerprint density at radius 3 is 2.58 bits per heavy atom. The number of hydrogen-bond donors (Lipinski definition) is 1. The summed E-state index contributed by atoms with van der Waals surface area (Å²) in [6.07, 6.45) is 2.95. The molecule has 0 aliphatic heterocycles. The summed E-state index contributed by atoms with van der Waals surface area (Å²) in [6, 6.07) is 6.99. The number of pyridine rings is 1. The van der Waals surface area contributed by atoms with Gasteiger partial charge in [0, 0.05) is 12.6 Å². The SMILES string of the molecule is COc1ccccc1NC(=O)c1c2c(c(=O)n(C)c1[O-])CCCC2. The number of carbonyl (C=O) groups excluding carboxylic acids is 1. The minimum Gasteiger partial charge on any atom is -0.859 e. The average Bonchev–Trinajstić information content (AvgIpc) is 2.60. The third-order valence-electron chi connectivity index (χ3n) is 4.43. The van der Waals surface area contributed by atoms with Gasteiger partial charge in [-0.25, -0.2) is 0 Å². The van der Waals surface area contributed by atoms with Gasteiger partial charge in [-0.15, -0.1) is 0 Å². The molecule has 0 fully saturated rings. The fourth-order valence-electron chi connectivity index (χ4n) is 3.18. The summed E-state index contributed by atoms with van der Waals surface area (Å²) < 4.78 is 6.25. The Hall–Kier alpha value is -2.76. The van der Waals surface area contributed by atoms with E-state index in [9.17, 15) is 14.7 Å². The molecule has 1 aliphatic carbocycles. The second-order valence-corrected chi connectivity index (χ2v) is 5.86. The van der Waals surface area contributed by atoms with Gasteiger partial charge in [0.1, 0.15) is 5.75 Å². The number of nitrogens with one attached hydrogen (secondary N) is 1. The molecule has 2 aromatic rings. The highest BCUT2D eigenvalue weighted by atomic mass is 16.5. The van der Waals surface area contributed by atoms with Crippen molar-refractivity contribution in [3.8, 4) is 11.6 Å². The zero-order valence-electron chi connectivity index (χ0n) is 13.7. The third kappa shape index (κ3) is 2.64. The molecule has 0 saturated heterocycles. The lowest BCUT2D eigenvalue weighted by Crippen LogP contribution is -2.32. The molecule has 0 atom stereocenters. The predicted octanol–water partition coefficient (Wildman–Crippen LogP) is 1.60. The lowest BCUT2D eigenvalue weighted by molar-refractivity contribution is -0.279. The molecule has 1 heterocycles. The zero-order chi connectivity index (χ0) is 17.3. The average molecular weight is 327 g/mol. The van der Waals surface area contributed by atoms with Crippen LogP contribution in [0.1, 0.15) is 34.3 Å². The maximum absolute atomic E-state index is 12.8. The molecule has 0 unspecified atom stereocenters. The molecular formula is C18H19N2O4-. The van der Waals surface area contributed by atoms with E-state index in [-0.39, 0.29) is 11.1 Å². The van der Waals surface area contributed by atoms with Crippen LogP contribution in [0.2, 0.25) is 0 Å². The molecule has 1 aromatic heterocycles. The van der Waals surface area contributed by atoms with Crippen molar-refractivity contribution in [2.24, 2.45) is 7.05 Å². The first-order chi connectivity index (χ1) is 11.5. The summed E-state index contributed by atoms with van der Waals surface area (Å²) in [4.78, 5) is 25.0. The van der Waals surface area contributed by atoms with Crippen molar-refractivity contribution < 1.29 is 14.6 Å². The van der Waals surface area contributed by atoms with Crippen LogP contribution in [-0.4, -0.2) is 17.6 Å². The van der Waals surface area contributed by atoms with E-state index in [4.69, 9.17) is 4.74 Å². The molecule has 0 spiro atoms. The first kappa shape index (κ1) is 16.1. The van der Waals surface area contributed by atoms with Crippen LogP contribution in [0.25, 0.3) is 0 Å². The molecule has 24 heavy (non-hydrogen) atoms. The van der Waals surface area contributed by atoms with Gasteiger partial charge in [-0.2, -0.15) is 0 Å². The molecule has 1 N–H and O–H groups in total. The van der Waals surface area contributed by atoms with E-state index in [1.165, 1.54) is 14.2 Å². The Balaban J connectivity index is 2.07. The number of ether oxygens (including phenoxy) is 1. The van der Waals surface area contributed by atoms with Gasteiger partial charge in [-0.1, -0.05) is 12.1 Å². The molecule has 3 rings (SSSR count). The topological polar surface area (TPSA) is 83.4 Å². The number of carbonyl (C=O) groups is 1. The number of aromatic nitrogens is 1. The zero-order valence-corrected chi connectivity index (χ0v) is 13.7. The minimum atomic E-state index is -0.548. The molecule has 1 aliphatic rings. The van der Waals surface area contributed by atoms with E-state index < -0.39 is 11.8 Å². The van der Waals surface area contributed by atoms with Gasteiger partial charge in [0.2, 0.25) is 0 Å². The number of fused-ring (bicyclic) bond motifs is 1. The molecule has 1 aromatic carbocycles. The number of rotatable bonds is 3. The van der Waals surface area contributed by atoms with Crippen LogP contribution in [0.15, 0.2) is 29.1 Å². The summed E-state index contributed by atoms with van der Waals surface area (Å²) >= 11 is 0. The Kier molecular flexibility index (Phi) is 4.29. The summed E-state index contributed by atoms with van der Waals surface area (Å²) in [5, 5.41) is 15.3. The quantitative estimate of drug-likeness (QED) is 0.928. The highest BCUT2D eigenvalue weighted by Gasteiger charge is 2.23. The molecule has 0 saturated carbocycles. The van der Waals surface area contributed by atoms with Crippen LogP contribution >= 0.6 is 0 Å². The van der Waals surface area contributed by atoms with Gasteiger partial charge in [-0.3, -0.25) is 9.59 Å². The van der Waals surface area contributed by atoms with Crippen molar-refractivity contribution in [3.05, 3.63) is 51.3 Å². The van der Waals surface area contributed by atoms with Crippen LogP contribution in [-0.2, 0) is 19.9 Å². The fraction of sp³-hybridized carbons (Fsp3) is 0.333. The maximum atomic E-state index is 12.8. The van der Waals surface area contributed by atoms with Crippen molar-refractivity contribution in [3.63, 3.8) is 0 Å². The largest absolute Gasteiger partial charge is 0.859 e. The molecule has 126 valence electrons. The molecular weight excluding hydrogens is 308 g/mol. The molecule has 6 heteroatoms. The number of para-hydroxylation sites is 2. The maximum Gasteiger partial charge on any atom is 0.256 e. The fourth-order valence-corrected chi connectivity index (χ4v) is 3.18. The second kappa shape index (κ2) is 6.39. The molecule has 0 bridgehead atoms. The van der Waals surface area contributed by atoms with Crippen LogP contribution in [0.4, 0.5) is 5.69 Å². The third-order valence-corrected chi connectivity index (χ3v) is 4.43. The number of amides is 1. The van der Waals surface area contributed by atoms with Crippen LogP contribution in [0, 0.1) is 0 Å². The highest BCUT2D eigenvalue weighted by molar-refractivity contribution is 6.07. The Bertz CT molecular complexity index is 855. The van der Waals surface area contributed by atoms with Crippen LogP contribution < -0.4 is 20.7 Å². The van der Waals surface area contributed by atoms with E-state index >= 15 is 0 Å². The lowest BCUT2D eigenvalue weighted by atomic mass is 9.89. The number of methoxy groups -OCH3 is 1. The lowest BCUT2D eigenvalue weighted by Gasteiger charge is -2.26. The smallest absolute Gasteiger partial charge is 0.256 e. The monoisotopic (exact) mass is 327 g/mol. The van der Waals surface area contributed by atoms with Crippen molar-refractivity contribution >= 4 is 11.6 Å². The van der Waals surface area contributed by atoms with Crippen molar-refractivity contribution in [2.75, 3.05) is 12.4 Å². The van der Waals surface area contributed by atoms with Crippen LogP contribution in [0.3, 0.4) is 0 Å². The second-order valence-electron chi connectivity index (χ2n) is 5.86. The van der Waals surface area contributed by atoms with E-state index in [2.05, 4.69) is 5.32 Å². The van der Waals surface area contributed by atoms with Gasteiger partial charge in [0.15, 0.2) is 0 Å². The number of hydrogen-bond acceptors (Lipinski definition) is 4. The summed E-state index contributed by atoms with van der Waals surface area (Å²) in [5.74, 6) is -0.539. The van der Waals surface area contributed by atoms with Crippen LogP contribution in [0.5, 0.6) is 11.6 Å². The van der Waals surface area contributed by atoms with Gasteiger partial charge in [0.05, 0.1) is 18.4 Å². The first-order valence-electron chi connectivity index (χ1n) is 7.90. The summed E-state index contributed by atoms with van der Waals surface area (Å²) in [6.45, 7) is 0. The Labute approximate surface area is 139 Å². The van der Waals surface area contributed by atoms with E-state index in [0.717, 1.165) is 17.4 Å². The Morgan fingerprint density at radius 2 is 1.88 bits per heavy atom. The van der Waals surface area contributed by atoms with Crippen molar-refractivity contribution in [2.45, 2.75) is 25.7 Å². The summed E-state index contributed by atoms with van der Waals surface area (Å²) in [5.41, 5.74) is 1.46. The van der Waals surface area contributed by atoms with Crippen molar-refractivity contribution in [1.29, 1.82) is 0 Å². The van der Waals surface area contributed by atoms with Crippen molar-refractivity contribution in [1.82, 2.24) is 4.57 Å².